The Hall–Kier alpha value is -4.05. The van der Waals surface area contributed by atoms with Crippen LogP contribution in [0.3, 0.4) is 0 Å². The third-order valence-electron chi connectivity index (χ3n) is 4.99. The number of benzene rings is 2. The van der Waals surface area contributed by atoms with Crippen LogP contribution in [0.1, 0.15) is 35.7 Å². The zero-order chi connectivity index (χ0) is 22.5. The van der Waals surface area contributed by atoms with E-state index in [1.807, 2.05) is 24.3 Å². The van der Waals surface area contributed by atoms with Gasteiger partial charge in [0.05, 0.1) is 30.8 Å². The first kappa shape index (κ1) is 21.7. The van der Waals surface area contributed by atoms with Crippen LogP contribution in [-0.2, 0) is 19.0 Å². The van der Waals surface area contributed by atoms with Gasteiger partial charge >= 0.3 is 11.9 Å². The number of allylic oxidation sites excluding steroid dienone is 2. The third kappa shape index (κ3) is 4.14. The Bertz CT molecular complexity index is 1120. The van der Waals surface area contributed by atoms with Crippen LogP contribution in [0.4, 0.5) is 0 Å². The SMILES string of the molecule is CCOC(=O)C1=C(C)OC(N)=C(C#N)C1c1ccccc1-c1ccc(C(=O)OC)cc1. The van der Waals surface area contributed by atoms with Crippen molar-refractivity contribution in [1.82, 2.24) is 0 Å². The summed E-state index contributed by atoms with van der Waals surface area (Å²) < 4.78 is 15.5. The Morgan fingerprint density at radius 3 is 2.42 bits per heavy atom. The summed E-state index contributed by atoms with van der Waals surface area (Å²) >= 11 is 0. The second-order valence-corrected chi connectivity index (χ2v) is 6.77. The topological polar surface area (TPSA) is 112 Å². The van der Waals surface area contributed by atoms with Crippen LogP contribution in [0.15, 0.2) is 71.3 Å². The molecule has 3 rings (SSSR count). The fourth-order valence-corrected chi connectivity index (χ4v) is 3.58. The molecule has 1 atom stereocenters. The summed E-state index contributed by atoms with van der Waals surface area (Å²) in [7, 11) is 1.32. The minimum absolute atomic E-state index is 0.0473. The lowest BCUT2D eigenvalue weighted by Gasteiger charge is -2.28. The lowest BCUT2D eigenvalue weighted by molar-refractivity contribution is -0.139. The largest absolute Gasteiger partial charge is 0.465 e. The normalized spacial score (nSPS) is 15.7. The van der Waals surface area contributed by atoms with E-state index in [2.05, 4.69) is 6.07 Å². The highest BCUT2D eigenvalue weighted by Gasteiger charge is 2.37. The number of methoxy groups -OCH3 is 1. The monoisotopic (exact) mass is 418 g/mol. The maximum atomic E-state index is 12.8. The number of nitrogens with zero attached hydrogens (tertiary/aromatic N) is 1. The van der Waals surface area contributed by atoms with Crippen molar-refractivity contribution in [3.8, 4) is 17.2 Å². The molecule has 2 aromatic carbocycles. The predicted octanol–water partition coefficient (Wildman–Crippen LogP) is 3.78. The van der Waals surface area contributed by atoms with Crippen LogP contribution in [0.25, 0.3) is 11.1 Å². The molecule has 2 N–H and O–H groups in total. The van der Waals surface area contributed by atoms with E-state index in [1.54, 1.807) is 38.1 Å². The molecule has 1 aliphatic rings. The molecule has 1 unspecified atom stereocenters. The van der Waals surface area contributed by atoms with Gasteiger partial charge in [0.2, 0.25) is 5.88 Å². The van der Waals surface area contributed by atoms with E-state index < -0.39 is 17.9 Å². The molecule has 0 saturated carbocycles. The number of nitriles is 1. The van der Waals surface area contributed by atoms with Crippen LogP contribution in [0, 0.1) is 11.3 Å². The molecule has 0 amide bonds. The Balaban J connectivity index is 2.18. The lowest BCUT2D eigenvalue weighted by atomic mass is 9.79. The van der Waals surface area contributed by atoms with Crippen molar-refractivity contribution in [1.29, 1.82) is 5.26 Å². The molecule has 0 saturated heterocycles. The Morgan fingerprint density at radius 1 is 1.13 bits per heavy atom. The first-order chi connectivity index (χ1) is 14.9. The highest BCUT2D eigenvalue weighted by Crippen LogP contribution is 2.43. The summed E-state index contributed by atoms with van der Waals surface area (Å²) in [6, 6.07) is 16.3. The smallest absolute Gasteiger partial charge is 0.338 e. The van der Waals surface area contributed by atoms with Gasteiger partial charge in [-0.25, -0.2) is 9.59 Å². The minimum atomic E-state index is -0.755. The van der Waals surface area contributed by atoms with Crippen molar-refractivity contribution in [2.75, 3.05) is 13.7 Å². The average molecular weight is 418 g/mol. The van der Waals surface area contributed by atoms with E-state index in [0.717, 1.165) is 11.1 Å². The molecule has 0 aromatic heterocycles. The molecule has 1 aliphatic heterocycles. The van der Waals surface area contributed by atoms with Crippen molar-refractivity contribution >= 4 is 11.9 Å². The van der Waals surface area contributed by atoms with Gasteiger partial charge in [-0.1, -0.05) is 36.4 Å². The maximum absolute atomic E-state index is 12.8. The first-order valence-corrected chi connectivity index (χ1v) is 9.66. The summed E-state index contributed by atoms with van der Waals surface area (Å²) in [4.78, 5) is 24.5. The molecule has 0 spiro atoms. The van der Waals surface area contributed by atoms with E-state index in [0.29, 0.717) is 11.1 Å². The van der Waals surface area contributed by atoms with Gasteiger partial charge in [-0.15, -0.1) is 0 Å². The fourth-order valence-electron chi connectivity index (χ4n) is 3.58. The molecule has 2 aromatic rings. The predicted molar refractivity (Wildman–Crippen MR) is 113 cm³/mol. The van der Waals surface area contributed by atoms with Gasteiger partial charge in [0.25, 0.3) is 0 Å². The highest BCUT2D eigenvalue weighted by molar-refractivity contribution is 5.94. The number of carbonyl (C=O) groups is 2. The molecule has 0 fully saturated rings. The summed E-state index contributed by atoms with van der Waals surface area (Å²) in [5, 5.41) is 9.80. The molecule has 0 bridgehead atoms. The van der Waals surface area contributed by atoms with E-state index in [1.165, 1.54) is 7.11 Å². The van der Waals surface area contributed by atoms with Crippen molar-refractivity contribution < 1.29 is 23.8 Å². The van der Waals surface area contributed by atoms with Gasteiger partial charge in [-0.3, -0.25) is 0 Å². The number of hydrogen-bond acceptors (Lipinski definition) is 7. The van der Waals surface area contributed by atoms with E-state index in [-0.39, 0.29) is 29.4 Å². The zero-order valence-corrected chi connectivity index (χ0v) is 17.5. The van der Waals surface area contributed by atoms with Gasteiger partial charge in [0, 0.05) is 0 Å². The van der Waals surface area contributed by atoms with Crippen LogP contribution >= 0.6 is 0 Å². The molecule has 7 nitrogen and oxygen atoms in total. The summed E-state index contributed by atoms with van der Waals surface area (Å²) in [6.45, 7) is 3.51. The Labute approximate surface area is 180 Å². The van der Waals surface area contributed by atoms with E-state index >= 15 is 0 Å². The van der Waals surface area contributed by atoms with E-state index in [9.17, 15) is 14.9 Å². The van der Waals surface area contributed by atoms with Crippen LogP contribution in [0.2, 0.25) is 0 Å². The quantitative estimate of drug-likeness (QED) is 0.735. The fraction of sp³-hybridized carbons (Fsp3) is 0.208. The minimum Gasteiger partial charge on any atom is -0.465 e. The number of rotatable bonds is 5. The van der Waals surface area contributed by atoms with Crippen LogP contribution in [-0.4, -0.2) is 25.7 Å². The Morgan fingerprint density at radius 2 is 1.81 bits per heavy atom. The first-order valence-electron chi connectivity index (χ1n) is 9.66. The lowest BCUT2D eigenvalue weighted by Crippen LogP contribution is -2.25. The summed E-state index contributed by atoms with van der Waals surface area (Å²) in [5.41, 5.74) is 9.04. The molecular formula is C24H22N2O5. The number of esters is 2. The van der Waals surface area contributed by atoms with Crippen LogP contribution < -0.4 is 5.73 Å². The van der Waals surface area contributed by atoms with Gasteiger partial charge in [-0.05, 0) is 42.7 Å². The van der Waals surface area contributed by atoms with Gasteiger partial charge in [0.1, 0.15) is 17.4 Å². The van der Waals surface area contributed by atoms with Crippen molar-refractivity contribution in [2.24, 2.45) is 5.73 Å². The molecule has 7 heteroatoms. The van der Waals surface area contributed by atoms with Crippen LogP contribution in [0.5, 0.6) is 0 Å². The second-order valence-electron chi connectivity index (χ2n) is 6.77. The summed E-state index contributed by atoms with van der Waals surface area (Å²) in [5.74, 6) is -1.52. The number of ether oxygens (including phenoxy) is 3. The molecule has 31 heavy (non-hydrogen) atoms. The van der Waals surface area contributed by atoms with Gasteiger partial charge < -0.3 is 19.9 Å². The third-order valence-corrected chi connectivity index (χ3v) is 4.99. The summed E-state index contributed by atoms with van der Waals surface area (Å²) in [6.07, 6.45) is 0. The average Bonchev–Trinajstić information content (AvgIpc) is 2.78. The second kappa shape index (κ2) is 9.18. The maximum Gasteiger partial charge on any atom is 0.338 e. The number of hydrogen-bond donors (Lipinski definition) is 1. The highest BCUT2D eigenvalue weighted by atomic mass is 16.5. The molecule has 0 radical (unpaired) electrons. The zero-order valence-electron chi connectivity index (χ0n) is 17.5. The molecule has 158 valence electrons. The van der Waals surface area contributed by atoms with E-state index in [4.69, 9.17) is 19.9 Å². The van der Waals surface area contributed by atoms with Crippen molar-refractivity contribution in [3.05, 3.63) is 82.4 Å². The molecule has 1 heterocycles. The van der Waals surface area contributed by atoms with Gasteiger partial charge in [-0.2, -0.15) is 5.26 Å². The Kier molecular flexibility index (Phi) is 6.41. The van der Waals surface area contributed by atoms with Crippen molar-refractivity contribution in [3.63, 3.8) is 0 Å². The molecule has 0 aliphatic carbocycles. The molecular weight excluding hydrogens is 396 g/mol. The number of nitrogens with two attached hydrogens (primary N) is 1. The van der Waals surface area contributed by atoms with Crippen molar-refractivity contribution in [2.45, 2.75) is 19.8 Å². The standard InChI is InChI=1S/C24H22N2O5/c1-4-30-24(28)20-14(2)31-22(26)19(13-25)21(20)18-8-6-5-7-17(18)15-9-11-16(12-10-15)23(27)29-3/h5-12,21H,4,26H2,1-3H3. The van der Waals surface area contributed by atoms with Gasteiger partial charge in [0.15, 0.2) is 0 Å². The number of carbonyl (C=O) groups excluding carboxylic acids is 2.